The van der Waals surface area contributed by atoms with Crippen molar-refractivity contribution in [3.05, 3.63) is 70.8 Å². The van der Waals surface area contributed by atoms with Crippen LogP contribution in [0.15, 0.2) is 36.8 Å². The number of halogens is 2. The van der Waals surface area contributed by atoms with Crippen LogP contribution in [0.4, 0.5) is 8.78 Å². The van der Waals surface area contributed by atoms with E-state index in [4.69, 9.17) is 9.47 Å². The van der Waals surface area contributed by atoms with Gasteiger partial charge in [-0.1, -0.05) is 0 Å². The molecule has 0 unspecified atom stereocenters. The summed E-state index contributed by atoms with van der Waals surface area (Å²) in [5, 5.41) is 8.36. The SMILES string of the molecule is Cc1cc(F)cnc1-c1cc2c(n3cnnc13)CCc1c(F)ccc3c1[C@H](CO3)CO2. The first-order chi connectivity index (χ1) is 15.1. The Hall–Kier alpha value is -3.55. The number of nitrogens with zero attached hydrogens (tertiary/aromatic N) is 4. The van der Waals surface area contributed by atoms with E-state index in [1.165, 1.54) is 18.3 Å². The second-order valence-electron chi connectivity index (χ2n) is 7.97. The fourth-order valence-electron chi connectivity index (χ4n) is 4.66. The van der Waals surface area contributed by atoms with Gasteiger partial charge in [0.2, 0.25) is 0 Å². The highest BCUT2D eigenvalue weighted by molar-refractivity contribution is 5.78. The average Bonchev–Trinajstić information content (AvgIpc) is 3.40. The number of ether oxygens (including phenoxy) is 2. The highest BCUT2D eigenvalue weighted by Crippen LogP contribution is 2.41. The molecule has 0 aliphatic carbocycles. The van der Waals surface area contributed by atoms with Crippen molar-refractivity contribution in [2.75, 3.05) is 13.2 Å². The number of hydrogen-bond donors (Lipinski definition) is 0. The molecule has 8 heteroatoms. The van der Waals surface area contributed by atoms with Gasteiger partial charge in [0.25, 0.3) is 0 Å². The van der Waals surface area contributed by atoms with Crippen LogP contribution >= 0.6 is 0 Å². The molecule has 6 rings (SSSR count). The van der Waals surface area contributed by atoms with Gasteiger partial charge in [-0.05, 0) is 55.2 Å². The molecule has 3 aromatic heterocycles. The van der Waals surface area contributed by atoms with Gasteiger partial charge in [-0.15, -0.1) is 10.2 Å². The number of pyridine rings is 2. The quantitative estimate of drug-likeness (QED) is 0.465. The van der Waals surface area contributed by atoms with Gasteiger partial charge in [-0.3, -0.25) is 9.38 Å². The number of benzene rings is 1. The second-order valence-corrected chi connectivity index (χ2v) is 7.97. The highest BCUT2D eigenvalue weighted by Gasteiger charge is 2.31. The van der Waals surface area contributed by atoms with Crippen molar-refractivity contribution in [3.8, 4) is 22.8 Å². The van der Waals surface area contributed by atoms with Crippen LogP contribution in [0, 0.1) is 18.6 Å². The molecule has 0 bridgehead atoms. The van der Waals surface area contributed by atoms with Gasteiger partial charge >= 0.3 is 0 Å². The smallest absolute Gasteiger partial charge is 0.170 e. The number of aromatic nitrogens is 4. The largest absolute Gasteiger partial charge is 0.493 e. The van der Waals surface area contributed by atoms with E-state index in [1.54, 1.807) is 19.3 Å². The molecule has 0 fully saturated rings. The van der Waals surface area contributed by atoms with Crippen molar-refractivity contribution in [1.82, 2.24) is 19.6 Å². The third-order valence-electron chi connectivity index (χ3n) is 6.10. The first-order valence-electron chi connectivity index (χ1n) is 10.1. The zero-order valence-corrected chi connectivity index (χ0v) is 16.7. The number of fused-ring (bicyclic) bond motifs is 3. The lowest BCUT2D eigenvalue weighted by Crippen LogP contribution is -2.13. The minimum atomic E-state index is -0.394. The predicted octanol–water partition coefficient (Wildman–Crippen LogP) is 4.03. The molecular weight excluding hydrogens is 402 g/mol. The Balaban J connectivity index is 1.53. The summed E-state index contributed by atoms with van der Waals surface area (Å²) in [5.74, 6) is 0.735. The molecule has 4 aromatic rings. The Bertz CT molecular complexity index is 1350. The number of aryl methyl sites for hydroxylation is 2. The van der Waals surface area contributed by atoms with Gasteiger partial charge in [-0.25, -0.2) is 8.78 Å². The molecule has 6 nitrogen and oxygen atoms in total. The molecule has 2 aliphatic heterocycles. The molecule has 0 amide bonds. The highest BCUT2D eigenvalue weighted by atomic mass is 19.1. The first kappa shape index (κ1) is 18.2. The van der Waals surface area contributed by atoms with Crippen LogP contribution in [0.1, 0.15) is 28.3 Å². The van der Waals surface area contributed by atoms with E-state index in [0.717, 1.165) is 17.0 Å². The van der Waals surface area contributed by atoms with Crippen molar-refractivity contribution in [3.63, 3.8) is 0 Å². The fraction of sp³-hybridized carbons (Fsp3) is 0.261. The summed E-state index contributed by atoms with van der Waals surface area (Å²) >= 11 is 0. The second kappa shape index (κ2) is 6.73. The van der Waals surface area contributed by atoms with E-state index in [1.807, 2.05) is 10.5 Å². The molecule has 0 saturated heterocycles. The van der Waals surface area contributed by atoms with E-state index in [9.17, 15) is 8.78 Å². The molecular formula is C23H18F2N4O2. The topological polar surface area (TPSA) is 61.5 Å². The van der Waals surface area contributed by atoms with Crippen LogP contribution in [-0.2, 0) is 12.8 Å². The number of hydrogen-bond acceptors (Lipinski definition) is 5. The van der Waals surface area contributed by atoms with Crippen LogP contribution in [0.5, 0.6) is 11.5 Å². The molecule has 0 radical (unpaired) electrons. The summed E-state index contributed by atoms with van der Waals surface area (Å²) in [7, 11) is 0. The molecule has 0 N–H and O–H groups in total. The molecule has 1 aromatic carbocycles. The van der Waals surface area contributed by atoms with Crippen LogP contribution in [-0.4, -0.2) is 32.8 Å². The van der Waals surface area contributed by atoms with Gasteiger partial charge in [0.15, 0.2) is 5.65 Å². The molecule has 0 saturated carbocycles. The summed E-state index contributed by atoms with van der Waals surface area (Å²) in [4.78, 5) is 4.29. The molecule has 5 heterocycles. The van der Waals surface area contributed by atoms with Gasteiger partial charge in [0.1, 0.15) is 29.5 Å². The van der Waals surface area contributed by atoms with E-state index < -0.39 is 5.82 Å². The summed E-state index contributed by atoms with van der Waals surface area (Å²) in [6, 6.07) is 6.49. The van der Waals surface area contributed by atoms with E-state index in [-0.39, 0.29) is 11.7 Å². The summed E-state index contributed by atoms with van der Waals surface area (Å²) in [6.45, 7) is 2.62. The maximum absolute atomic E-state index is 14.7. The zero-order valence-electron chi connectivity index (χ0n) is 16.7. The summed E-state index contributed by atoms with van der Waals surface area (Å²) in [6.07, 6.45) is 3.86. The Morgan fingerprint density at radius 1 is 1.06 bits per heavy atom. The number of rotatable bonds is 1. The van der Waals surface area contributed by atoms with Gasteiger partial charge in [0.05, 0.1) is 36.7 Å². The Labute approximate surface area is 176 Å². The van der Waals surface area contributed by atoms with Crippen molar-refractivity contribution in [1.29, 1.82) is 0 Å². The molecule has 2 aliphatic rings. The van der Waals surface area contributed by atoms with Crippen LogP contribution in [0.3, 0.4) is 0 Å². The lowest BCUT2D eigenvalue weighted by molar-refractivity contribution is 0.246. The minimum absolute atomic E-state index is 0.0441. The van der Waals surface area contributed by atoms with Crippen LogP contribution in [0.25, 0.3) is 16.9 Å². The standard InChI is InChI=1S/C23H18F2N4O2/c1-12-6-14(24)8-26-22(12)16-7-20-18(29-11-27-28-23(16)29)4-2-15-17(25)3-5-19-21(15)13(9-30-19)10-31-20/h3,5-8,11,13H,2,4,9-10H2,1H3/t13-/m1/s1. The normalized spacial score (nSPS) is 17.2. The van der Waals surface area contributed by atoms with Crippen molar-refractivity contribution >= 4 is 5.65 Å². The Morgan fingerprint density at radius 3 is 2.74 bits per heavy atom. The Kier molecular flexibility index (Phi) is 3.96. The van der Waals surface area contributed by atoms with Gasteiger partial charge in [-0.2, -0.15) is 0 Å². The maximum Gasteiger partial charge on any atom is 0.170 e. The average molecular weight is 420 g/mol. The summed E-state index contributed by atoms with van der Waals surface area (Å²) in [5.41, 5.74) is 5.07. The van der Waals surface area contributed by atoms with Crippen LogP contribution < -0.4 is 9.47 Å². The fourth-order valence-corrected chi connectivity index (χ4v) is 4.66. The zero-order chi connectivity index (χ0) is 21.1. The van der Waals surface area contributed by atoms with E-state index in [0.29, 0.717) is 59.8 Å². The van der Waals surface area contributed by atoms with Gasteiger partial charge < -0.3 is 9.47 Å². The first-order valence-corrected chi connectivity index (χ1v) is 10.1. The minimum Gasteiger partial charge on any atom is -0.493 e. The predicted molar refractivity (Wildman–Crippen MR) is 108 cm³/mol. The lowest BCUT2D eigenvalue weighted by atomic mass is 9.93. The molecule has 31 heavy (non-hydrogen) atoms. The molecule has 1 atom stereocenters. The van der Waals surface area contributed by atoms with Crippen LogP contribution in [0.2, 0.25) is 0 Å². The van der Waals surface area contributed by atoms with Crippen molar-refractivity contribution in [2.24, 2.45) is 0 Å². The monoisotopic (exact) mass is 420 g/mol. The van der Waals surface area contributed by atoms with E-state index in [2.05, 4.69) is 15.2 Å². The lowest BCUT2D eigenvalue weighted by Gasteiger charge is -2.16. The molecule has 0 spiro atoms. The van der Waals surface area contributed by atoms with Gasteiger partial charge in [0, 0.05) is 11.1 Å². The van der Waals surface area contributed by atoms with E-state index >= 15 is 0 Å². The maximum atomic E-state index is 14.7. The Morgan fingerprint density at radius 2 is 1.90 bits per heavy atom. The van der Waals surface area contributed by atoms with Crippen molar-refractivity contribution < 1.29 is 18.3 Å². The molecule has 156 valence electrons. The van der Waals surface area contributed by atoms with Crippen molar-refractivity contribution in [2.45, 2.75) is 25.7 Å². The third-order valence-corrected chi connectivity index (χ3v) is 6.10. The summed E-state index contributed by atoms with van der Waals surface area (Å²) < 4.78 is 42.2. The third kappa shape index (κ3) is 2.78.